The number of Topliss-reactive ketones (excluding diaryl/α,β-unsaturated/α-hetero) is 1. The molecule has 1 aromatic heterocycles. The van der Waals surface area contributed by atoms with Gasteiger partial charge in [0, 0.05) is 17.7 Å². The van der Waals surface area contributed by atoms with Crippen molar-refractivity contribution in [3.8, 4) is 5.75 Å². The van der Waals surface area contributed by atoms with E-state index in [4.69, 9.17) is 4.74 Å². The second-order valence-electron chi connectivity index (χ2n) is 7.16. The molecule has 2 aromatic carbocycles. The fraction of sp³-hybridized carbons (Fsp3) is 0.227. The third kappa shape index (κ3) is 2.69. The minimum absolute atomic E-state index is 0.157. The Kier molecular flexibility index (Phi) is 3.97. The first-order valence-corrected chi connectivity index (χ1v) is 9.36. The van der Waals surface area contributed by atoms with E-state index >= 15 is 0 Å². The standard InChI is InChI=1S/C22H20N4O2/c1-28-17-9-7-15(8-10-17)21-20-18(25-22-23-13-24-26(21)22)11-16(12-19(20)27)14-5-3-2-4-6-14/h2-10,13,16,21H,11-12H2,1H3,(H,23,24,25). The molecule has 1 aliphatic heterocycles. The van der Waals surface area contributed by atoms with E-state index in [0.717, 1.165) is 29.0 Å². The van der Waals surface area contributed by atoms with Crippen molar-refractivity contribution in [2.45, 2.75) is 24.8 Å². The van der Waals surface area contributed by atoms with Crippen LogP contribution in [-0.4, -0.2) is 27.7 Å². The molecule has 0 amide bonds. The van der Waals surface area contributed by atoms with Crippen LogP contribution in [0.1, 0.15) is 35.9 Å². The number of hydrogen-bond donors (Lipinski definition) is 1. The van der Waals surface area contributed by atoms with Gasteiger partial charge < -0.3 is 10.1 Å². The molecule has 5 rings (SSSR count). The molecule has 6 nitrogen and oxygen atoms in total. The van der Waals surface area contributed by atoms with E-state index in [9.17, 15) is 4.79 Å². The number of carbonyl (C=O) groups is 1. The van der Waals surface area contributed by atoms with Gasteiger partial charge in [0.15, 0.2) is 5.78 Å². The molecule has 2 atom stereocenters. The fourth-order valence-electron chi connectivity index (χ4n) is 4.21. The number of fused-ring (bicyclic) bond motifs is 1. The van der Waals surface area contributed by atoms with E-state index in [0.29, 0.717) is 12.4 Å². The number of aromatic nitrogens is 3. The Morgan fingerprint density at radius 2 is 1.82 bits per heavy atom. The van der Waals surface area contributed by atoms with E-state index in [2.05, 4.69) is 27.5 Å². The highest BCUT2D eigenvalue weighted by Gasteiger charge is 2.39. The van der Waals surface area contributed by atoms with Crippen molar-refractivity contribution in [3.05, 3.63) is 83.3 Å². The second-order valence-corrected chi connectivity index (χ2v) is 7.16. The van der Waals surface area contributed by atoms with Crippen LogP contribution >= 0.6 is 0 Å². The van der Waals surface area contributed by atoms with Crippen LogP contribution < -0.4 is 10.1 Å². The van der Waals surface area contributed by atoms with Crippen LogP contribution in [-0.2, 0) is 4.79 Å². The first-order chi connectivity index (χ1) is 13.7. The van der Waals surface area contributed by atoms with Gasteiger partial charge in [-0.1, -0.05) is 42.5 Å². The maximum atomic E-state index is 13.3. The Bertz CT molecular complexity index is 1050. The summed E-state index contributed by atoms with van der Waals surface area (Å²) in [6.07, 6.45) is 2.81. The molecule has 1 N–H and O–H groups in total. The Labute approximate surface area is 162 Å². The molecule has 6 heteroatoms. The van der Waals surface area contributed by atoms with Crippen molar-refractivity contribution in [3.63, 3.8) is 0 Å². The number of allylic oxidation sites excluding steroid dienone is 2. The number of methoxy groups -OCH3 is 1. The van der Waals surface area contributed by atoms with Crippen LogP contribution in [0.5, 0.6) is 5.75 Å². The minimum atomic E-state index is -0.274. The molecule has 0 spiro atoms. The topological polar surface area (TPSA) is 69.0 Å². The number of anilines is 1. The molecule has 3 aromatic rings. The number of ketones is 1. The van der Waals surface area contributed by atoms with Gasteiger partial charge in [-0.3, -0.25) is 4.79 Å². The van der Waals surface area contributed by atoms with Gasteiger partial charge in [-0.15, -0.1) is 0 Å². The van der Waals surface area contributed by atoms with E-state index in [1.165, 1.54) is 11.9 Å². The zero-order valence-corrected chi connectivity index (χ0v) is 15.5. The molecule has 0 radical (unpaired) electrons. The quantitative estimate of drug-likeness (QED) is 0.759. The van der Waals surface area contributed by atoms with Crippen molar-refractivity contribution < 1.29 is 9.53 Å². The van der Waals surface area contributed by atoms with Crippen molar-refractivity contribution in [2.24, 2.45) is 0 Å². The Balaban J connectivity index is 1.58. The molecule has 2 aliphatic rings. The summed E-state index contributed by atoms with van der Waals surface area (Å²) in [5, 5.41) is 7.74. The summed E-state index contributed by atoms with van der Waals surface area (Å²) in [6.45, 7) is 0. The van der Waals surface area contributed by atoms with Crippen LogP contribution in [0.15, 0.2) is 72.2 Å². The highest BCUT2D eigenvalue weighted by atomic mass is 16.5. The molecule has 2 unspecified atom stereocenters. The molecule has 0 saturated heterocycles. The van der Waals surface area contributed by atoms with Gasteiger partial charge in [-0.2, -0.15) is 10.1 Å². The van der Waals surface area contributed by atoms with Gasteiger partial charge >= 0.3 is 0 Å². The van der Waals surface area contributed by atoms with Gasteiger partial charge in [-0.25, -0.2) is 4.68 Å². The summed E-state index contributed by atoms with van der Waals surface area (Å²) in [4.78, 5) is 17.6. The second kappa shape index (κ2) is 6.64. The lowest BCUT2D eigenvalue weighted by Crippen LogP contribution is -2.33. The van der Waals surface area contributed by atoms with Crippen molar-refractivity contribution in [2.75, 3.05) is 12.4 Å². The monoisotopic (exact) mass is 372 g/mol. The van der Waals surface area contributed by atoms with Crippen molar-refractivity contribution in [1.82, 2.24) is 14.8 Å². The minimum Gasteiger partial charge on any atom is -0.497 e. The van der Waals surface area contributed by atoms with E-state index in [1.54, 1.807) is 11.8 Å². The number of hydrogen-bond acceptors (Lipinski definition) is 5. The average Bonchev–Trinajstić information content (AvgIpc) is 3.21. The predicted octanol–water partition coefficient (Wildman–Crippen LogP) is 3.70. The molecule has 0 saturated carbocycles. The summed E-state index contributed by atoms with van der Waals surface area (Å²) in [5.41, 5.74) is 3.92. The van der Waals surface area contributed by atoms with Crippen molar-refractivity contribution in [1.29, 1.82) is 0 Å². The molecule has 140 valence electrons. The van der Waals surface area contributed by atoms with Crippen LogP contribution in [0.4, 0.5) is 5.95 Å². The lowest BCUT2D eigenvalue weighted by atomic mass is 9.78. The van der Waals surface area contributed by atoms with Crippen LogP contribution in [0, 0.1) is 0 Å². The molecule has 1 aliphatic carbocycles. The number of carbonyl (C=O) groups excluding carboxylic acids is 1. The van der Waals surface area contributed by atoms with E-state index in [1.807, 2.05) is 42.5 Å². The highest BCUT2D eigenvalue weighted by molar-refractivity contribution is 6.00. The Morgan fingerprint density at radius 3 is 2.57 bits per heavy atom. The summed E-state index contributed by atoms with van der Waals surface area (Å²) in [7, 11) is 1.64. The van der Waals surface area contributed by atoms with Gasteiger partial charge in [-0.05, 0) is 35.6 Å². The maximum Gasteiger partial charge on any atom is 0.226 e. The molecule has 0 fully saturated rings. The molecule has 0 bridgehead atoms. The van der Waals surface area contributed by atoms with E-state index in [-0.39, 0.29) is 17.7 Å². The van der Waals surface area contributed by atoms with Gasteiger partial charge in [0.05, 0.1) is 7.11 Å². The zero-order chi connectivity index (χ0) is 19.1. The van der Waals surface area contributed by atoms with Crippen molar-refractivity contribution >= 4 is 11.7 Å². The smallest absolute Gasteiger partial charge is 0.226 e. The molecular formula is C22H20N4O2. The molecule has 28 heavy (non-hydrogen) atoms. The maximum absolute atomic E-state index is 13.3. The Morgan fingerprint density at radius 1 is 1.04 bits per heavy atom. The largest absolute Gasteiger partial charge is 0.497 e. The van der Waals surface area contributed by atoms with Crippen LogP contribution in [0.2, 0.25) is 0 Å². The third-order valence-corrected chi connectivity index (χ3v) is 5.56. The predicted molar refractivity (Wildman–Crippen MR) is 105 cm³/mol. The number of nitrogens with one attached hydrogen (secondary N) is 1. The van der Waals surface area contributed by atoms with E-state index < -0.39 is 0 Å². The zero-order valence-electron chi connectivity index (χ0n) is 15.5. The first kappa shape index (κ1) is 16.7. The first-order valence-electron chi connectivity index (χ1n) is 9.36. The number of benzene rings is 2. The summed E-state index contributed by atoms with van der Waals surface area (Å²) >= 11 is 0. The SMILES string of the molecule is COc1ccc(C2C3=C(CC(c4ccccc4)CC3=O)Nc3ncnn32)cc1. The number of rotatable bonds is 3. The van der Waals surface area contributed by atoms with Gasteiger partial charge in [0.2, 0.25) is 5.95 Å². The van der Waals surface area contributed by atoms with Crippen LogP contribution in [0.3, 0.4) is 0 Å². The summed E-state index contributed by atoms with van der Waals surface area (Å²) in [5.74, 6) is 1.78. The van der Waals surface area contributed by atoms with Gasteiger partial charge in [0.25, 0.3) is 0 Å². The fourth-order valence-corrected chi connectivity index (χ4v) is 4.21. The molecular weight excluding hydrogens is 352 g/mol. The lowest BCUT2D eigenvalue weighted by Gasteiger charge is -2.35. The lowest BCUT2D eigenvalue weighted by molar-refractivity contribution is -0.116. The summed E-state index contributed by atoms with van der Waals surface area (Å²) < 4.78 is 7.07. The Hall–Kier alpha value is -3.41. The highest BCUT2D eigenvalue weighted by Crippen LogP contribution is 2.43. The normalized spacial score (nSPS) is 21.0. The average molecular weight is 372 g/mol. The van der Waals surface area contributed by atoms with Gasteiger partial charge in [0.1, 0.15) is 18.1 Å². The number of nitrogens with zero attached hydrogens (tertiary/aromatic N) is 3. The number of ether oxygens (including phenoxy) is 1. The third-order valence-electron chi connectivity index (χ3n) is 5.56. The van der Waals surface area contributed by atoms with Crippen LogP contribution in [0.25, 0.3) is 0 Å². The summed E-state index contributed by atoms with van der Waals surface area (Å²) in [6, 6.07) is 17.8. The molecule has 2 heterocycles.